The zero-order valence-corrected chi connectivity index (χ0v) is 17.6. The van der Waals surface area contributed by atoms with Crippen molar-refractivity contribution in [3.8, 4) is 5.75 Å². The van der Waals surface area contributed by atoms with Crippen LogP contribution in [0.25, 0.3) is 0 Å². The van der Waals surface area contributed by atoms with E-state index in [9.17, 15) is 0 Å². The molecule has 1 aromatic carbocycles. The van der Waals surface area contributed by atoms with Gasteiger partial charge >= 0.3 is 0 Å². The molecule has 8 nitrogen and oxygen atoms in total. The number of rotatable bonds is 10. The van der Waals surface area contributed by atoms with Gasteiger partial charge in [-0.25, -0.2) is 0 Å². The molecule has 8 heteroatoms. The lowest BCUT2D eigenvalue weighted by Crippen LogP contribution is -2.39. The second kappa shape index (κ2) is 11.3. The number of guanidine groups is 1. The third-order valence-electron chi connectivity index (χ3n) is 4.55. The molecule has 1 heterocycles. The topological polar surface area (TPSA) is 79.6 Å². The number of methoxy groups -OCH3 is 1. The summed E-state index contributed by atoms with van der Waals surface area (Å²) in [6.07, 6.45) is 2.65. The van der Waals surface area contributed by atoms with Crippen LogP contribution in [0.4, 0.5) is 0 Å². The number of hydrogen-bond acceptors (Lipinski definition) is 5. The number of hydrogen-bond donors (Lipinski definition) is 2. The molecule has 0 aliphatic heterocycles. The lowest BCUT2D eigenvalue weighted by Gasteiger charge is -2.24. The third kappa shape index (κ3) is 6.23. The zero-order chi connectivity index (χ0) is 20.4. The monoisotopic (exact) mass is 387 g/mol. The molecule has 1 unspecified atom stereocenters. The van der Waals surface area contributed by atoms with E-state index < -0.39 is 0 Å². The van der Waals surface area contributed by atoms with Gasteiger partial charge in [-0.2, -0.15) is 0 Å². The number of aryl methyl sites for hydroxylation is 1. The molecule has 1 atom stereocenters. The lowest BCUT2D eigenvalue weighted by molar-refractivity contribution is 0.306. The summed E-state index contributed by atoms with van der Waals surface area (Å²) in [4.78, 5) is 6.98. The number of ether oxygens (including phenoxy) is 1. The highest BCUT2D eigenvalue weighted by molar-refractivity contribution is 5.79. The van der Waals surface area contributed by atoms with Crippen molar-refractivity contribution in [2.75, 3.05) is 40.8 Å². The van der Waals surface area contributed by atoms with Crippen LogP contribution in [0.15, 0.2) is 35.6 Å². The molecule has 0 aliphatic carbocycles. The molecule has 0 bridgehead atoms. The van der Waals surface area contributed by atoms with Crippen molar-refractivity contribution in [2.45, 2.75) is 32.9 Å². The predicted octanol–water partition coefficient (Wildman–Crippen LogP) is 1.71. The standard InChI is InChI=1S/C20H33N7O/c1-6-19-25-24-15-27(19)13-12-22-20(21-7-2)23-14-18(26(3)4)16-8-10-17(28-5)11-9-16/h8-11,15,18H,6-7,12-14H2,1-5H3,(H2,21,22,23). The Bertz CT molecular complexity index is 724. The van der Waals surface area contributed by atoms with Crippen LogP contribution in [0.2, 0.25) is 0 Å². The summed E-state index contributed by atoms with van der Waals surface area (Å²) >= 11 is 0. The predicted molar refractivity (Wildman–Crippen MR) is 113 cm³/mol. The highest BCUT2D eigenvalue weighted by atomic mass is 16.5. The molecular weight excluding hydrogens is 354 g/mol. The van der Waals surface area contributed by atoms with Gasteiger partial charge in [-0.05, 0) is 38.7 Å². The lowest BCUT2D eigenvalue weighted by atomic mass is 10.1. The Hall–Kier alpha value is -2.61. The molecule has 2 rings (SSSR count). The first-order valence-corrected chi connectivity index (χ1v) is 9.78. The van der Waals surface area contributed by atoms with E-state index in [4.69, 9.17) is 9.73 Å². The van der Waals surface area contributed by atoms with E-state index in [0.29, 0.717) is 6.54 Å². The van der Waals surface area contributed by atoms with Gasteiger partial charge in [-0.15, -0.1) is 10.2 Å². The zero-order valence-electron chi connectivity index (χ0n) is 17.6. The second-order valence-electron chi connectivity index (χ2n) is 6.69. The molecule has 1 aromatic heterocycles. The summed E-state index contributed by atoms with van der Waals surface area (Å²) in [5.41, 5.74) is 1.21. The maximum Gasteiger partial charge on any atom is 0.191 e. The Morgan fingerprint density at radius 3 is 2.57 bits per heavy atom. The highest BCUT2D eigenvalue weighted by Gasteiger charge is 2.14. The van der Waals surface area contributed by atoms with E-state index in [1.165, 1.54) is 5.56 Å². The SMILES string of the molecule is CCNC(=NCC(c1ccc(OC)cc1)N(C)C)NCCn1cnnc1CC. The van der Waals surface area contributed by atoms with E-state index in [1.54, 1.807) is 13.4 Å². The van der Waals surface area contributed by atoms with E-state index in [2.05, 4.69) is 70.4 Å². The molecule has 0 saturated heterocycles. The van der Waals surface area contributed by atoms with Gasteiger partial charge in [0.15, 0.2) is 5.96 Å². The molecule has 28 heavy (non-hydrogen) atoms. The van der Waals surface area contributed by atoms with Gasteiger partial charge < -0.3 is 24.8 Å². The van der Waals surface area contributed by atoms with Crippen LogP contribution in [0, 0.1) is 0 Å². The van der Waals surface area contributed by atoms with Crippen molar-refractivity contribution in [3.05, 3.63) is 42.0 Å². The van der Waals surface area contributed by atoms with Gasteiger partial charge in [0.05, 0.1) is 19.7 Å². The van der Waals surface area contributed by atoms with Gasteiger partial charge in [-0.1, -0.05) is 19.1 Å². The number of aliphatic imine (C=N–C) groups is 1. The Kier molecular flexibility index (Phi) is 8.74. The smallest absolute Gasteiger partial charge is 0.191 e. The van der Waals surface area contributed by atoms with Crippen LogP contribution in [0.3, 0.4) is 0 Å². The van der Waals surface area contributed by atoms with Gasteiger partial charge in [-0.3, -0.25) is 4.99 Å². The molecule has 2 N–H and O–H groups in total. The Morgan fingerprint density at radius 1 is 1.21 bits per heavy atom. The van der Waals surface area contributed by atoms with E-state index >= 15 is 0 Å². The number of nitrogens with one attached hydrogen (secondary N) is 2. The average molecular weight is 388 g/mol. The fraction of sp³-hybridized carbons (Fsp3) is 0.550. The number of aromatic nitrogens is 3. The maximum absolute atomic E-state index is 5.26. The van der Waals surface area contributed by atoms with Crippen molar-refractivity contribution in [2.24, 2.45) is 4.99 Å². The summed E-state index contributed by atoms with van der Waals surface area (Å²) < 4.78 is 7.32. The summed E-state index contributed by atoms with van der Waals surface area (Å²) in [5.74, 6) is 2.67. The Labute approximate surface area is 168 Å². The van der Waals surface area contributed by atoms with E-state index in [1.807, 2.05) is 12.1 Å². The fourth-order valence-corrected chi connectivity index (χ4v) is 2.95. The minimum Gasteiger partial charge on any atom is -0.497 e. The Balaban J connectivity index is 1.99. The minimum absolute atomic E-state index is 0.186. The molecule has 0 fully saturated rings. The molecule has 0 amide bonds. The number of nitrogens with zero attached hydrogens (tertiary/aromatic N) is 5. The van der Waals surface area contributed by atoms with Gasteiger partial charge in [0.2, 0.25) is 0 Å². The van der Waals surface area contributed by atoms with Crippen molar-refractivity contribution >= 4 is 5.96 Å². The van der Waals surface area contributed by atoms with Crippen LogP contribution in [0.5, 0.6) is 5.75 Å². The number of benzene rings is 1. The van der Waals surface area contributed by atoms with Crippen LogP contribution >= 0.6 is 0 Å². The molecule has 154 valence electrons. The van der Waals surface area contributed by atoms with Crippen molar-refractivity contribution < 1.29 is 4.74 Å². The van der Waals surface area contributed by atoms with Gasteiger partial charge in [0.1, 0.15) is 17.9 Å². The normalized spacial score (nSPS) is 12.9. The first-order valence-electron chi connectivity index (χ1n) is 9.78. The molecule has 0 spiro atoms. The summed E-state index contributed by atoms with van der Waals surface area (Å²) in [6, 6.07) is 8.35. The summed E-state index contributed by atoms with van der Waals surface area (Å²) in [5, 5.41) is 14.8. The maximum atomic E-state index is 5.26. The van der Waals surface area contributed by atoms with Crippen molar-refractivity contribution in [1.29, 1.82) is 0 Å². The van der Waals surface area contributed by atoms with Crippen LogP contribution in [0.1, 0.15) is 31.3 Å². The quantitative estimate of drug-likeness (QED) is 0.477. The second-order valence-corrected chi connectivity index (χ2v) is 6.69. The van der Waals surface area contributed by atoms with Crippen LogP contribution < -0.4 is 15.4 Å². The molecule has 2 aromatic rings. The minimum atomic E-state index is 0.186. The van der Waals surface area contributed by atoms with Gasteiger partial charge in [0, 0.05) is 26.1 Å². The third-order valence-corrected chi connectivity index (χ3v) is 4.55. The summed E-state index contributed by atoms with van der Waals surface area (Å²) in [6.45, 7) is 7.18. The molecular formula is C20H33N7O. The van der Waals surface area contributed by atoms with E-state index in [0.717, 1.165) is 43.6 Å². The summed E-state index contributed by atoms with van der Waals surface area (Å²) in [7, 11) is 5.83. The fourth-order valence-electron chi connectivity index (χ4n) is 2.95. The molecule has 0 aliphatic rings. The largest absolute Gasteiger partial charge is 0.497 e. The Morgan fingerprint density at radius 2 is 1.96 bits per heavy atom. The van der Waals surface area contributed by atoms with Crippen LogP contribution in [-0.4, -0.2) is 66.5 Å². The van der Waals surface area contributed by atoms with Gasteiger partial charge in [0.25, 0.3) is 0 Å². The first kappa shape index (κ1) is 21.7. The molecule has 0 radical (unpaired) electrons. The highest BCUT2D eigenvalue weighted by Crippen LogP contribution is 2.21. The molecule has 0 saturated carbocycles. The average Bonchev–Trinajstić information content (AvgIpc) is 3.16. The van der Waals surface area contributed by atoms with E-state index in [-0.39, 0.29) is 6.04 Å². The first-order chi connectivity index (χ1) is 13.6. The number of likely N-dealkylation sites (N-methyl/N-ethyl adjacent to an activating group) is 1. The van der Waals surface area contributed by atoms with Crippen molar-refractivity contribution in [1.82, 2.24) is 30.3 Å². The van der Waals surface area contributed by atoms with Crippen molar-refractivity contribution in [3.63, 3.8) is 0 Å². The van der Waals surface area contributed by atoms with Crippen LogP contribution in [-0.2, 0) is 13.0 Å².